The zero-order chi connectivity index (χ0) is 19.1. The minimum Gasteiger partial charge on any atom is -0.325 e. The van der Waals surface area contributed by atoms with Crippen LogP contribution in [0.2, 0.25) is 0 Å². The van der Waals surface area contributed by atoms with Crippen LogP contribution in [-0.4, -0.2) is 16.7 Å². The number of carbonyl (C=O) groups excluding carboxylic acids is 2. The van der Waals surface area contributed by atoms with E-state index in [9.17, 15) is 31.9 Å². The molecule has 1 heterocycles. The average Bonchev–Trinajstić information content (AvgIpc) is 2.55. The molecule has 26 heavy (non-hydrogen) atoms. The molecule has 0 atom stereocenters. The Bertz CT molecular complexity index is 963. The molecule has 0 radical (unpaired) electrons. The Hall–Kier alpha value is -2.97. The molecule has 0 fully saturated rings. The Balaban J connectivity index is 1.93. The number of carbonyl (C=O) groups is 2. The van der Waals surface area contributed by atoms with Crippen molar-refractivity contribution in [2.75, 3.05) is 5.32 Å². The smallest absolute Gasteiger partial charge is 0.325 e. The van der Waals surface area contributed by atoms with Crippen molar-refractivity contribution in [2.45, 2.75) is 25.4 Å². The Morgan fingerprint density at radius 2 is 1.85 bits per heavy atom. The van der Waals surface area contributed by atoms with Gasteiger partial charge in [-0.25, -0.2) is 4.39 Å². The number of rotatable bonds is 2. The largest absolute Gasteiger partial charge is 0.419 e. The first-order valence-electron chi connectivity index (χ1n) is 7.64. The SMILES string of the molecule is O=C1CCCc2[nH]c(=O)c(C(=O)Nc3ccc(F)c(C(F)(F)F)c3)cc21. The number of H-pyrrole nitrogens is 1. The number of amides is 1. The monoisotopic (exact) mass is 368 g/mol. The third kappa shape index (κ3) is 3.37. The second-order valence-corrected chi connectivity index (χ2v) is 5.83. The molecule has 1 aromatic carbocycles. The first-order chi connectivity index (χ1) is 12.2. The summed E-state index contributed by atoms with van der Waals surface area (Å²) in [4.78, 5) is 38.7. The van der Waals surface area contributed by atoms with Gasteiger partial charge in [0.2, 0.25) is 0 Å². The van der Waals surface area contributed by atoms with E-state index in [0.717, 1.165) is 12.1 Å². The van der Waals surface area contributed by atoms with Gasteiger partial charge in [0, 0.05) is 23.4 Å². The van der Waals surface area contributed by atoms with Crippen molar-refractivity contribution < 1.29 is 27.2 Å². The van der Waals surface area contributed by atoms with Gasteiger partial charge in [0.1, 0.15) is 11.4 Å². The van der Waals surface area contributed by atoms with Gasteiger partial charge >= 0.3 is 6.18 Å². The molecule has 1 amide bonds. The highest BCUT2D eigenvalue weighted by atomic mass is 19.4. The number of halogens is 4. The standard InChI is InChI=1S/C17H12F4N2O3/c18-12-5-4-8(6-11(12)17(19,20)21)22-15(25)10-7-9-13(23-16(10)26)2-1-3-14(9)24/h4-7H,1-3H2,(H,22,25)(H,23,26). The van der Waals surface area contributed by atoms with Crippen molar-refractivity contribution in [3.05, 3.63) is 62.8 Å². The van der Waals surface area contributed by atoms with Gasteiger partial charge in [0.25, 0.3) is 11.5 Å². The number of anilines is 1. The van der Waals surface area contributed by atoms with Gasteiger partial charge in [-0.3, -0.25) is 14.4 Å². The molecule has 9 heteroatoms. The Morgan fingerprint density at radius 3 is 2.54 bits per heavy atom. The van der Waals surface area contributed by atoms with Crippen LogP contribution in [0, 0.1) is 5.82 Å². The van der Waals surface area contributed by atoms with Crippen LogP contribution < -0.4 is 10.9 Å². The molecule has 5 nitrogen and oxygen atoms in total. The fourth-order valence-corrected chi connectivity index (χ4v) is 2.76. The second kappa shape index (κ2) is 6.40. The third-order valence-corrected chi connectivity index (χ3v) is 4.03. The van der Waals surface area contributed by atoms with Crippen molar-refractivity contribution in [2.24, 2.45) is 0 Å². The molecule has 1 aliphatic rings. The lowest BCUT2D eigenvalue weighted by atomic mass is 9.93. The molecule has 0 bridgehead atoms. The van der Waals surface area contributed by atoms with E-state index in [1.165, 1.54) is 0 Å². The van der Waals surface area contributed by atoms with Crippen LogP contribution in [0.3, 0.4) is 0 Å². The normalized spacial score (nSPS) is 14.1. The van der Waals surface area contributed by atoms with Gasteiger partial charge in [-0.05, 0) is 37.1 Å². The van der Waals surface area contributed by atoms with Crippen LogP contribution in [0.1, 0.15) is 44.8 Å². The molecule has 136 valence electrons. The number of Topliss-reactive ketones (excluding diaryl/α,β-unsaturated/α-hetero) is 1. The van der Waals surface area contributed by atoms with E-state index >= 15 is 0 Å². The molecule has 2 N–H and O–H groups in total. The summed E-state index contributed by atoms with van der Waals surface area (Å²) >= 11 is 0. The average molecular weight is 368 g/mol. The first kappa shape index (κ1) is 17.8. The van der Waals surface area contributed by atoms with Gasteiger partial charge in [0.15, 0.2) is 5.78 Å². The van der Waals surface area contributed by atoms with E-state index in [1.807, 2.05) is 0 Å². The van der Waals surface area contributed by atoms with Crippen LogP contribution >= 0.6 is 0 Å². The molecule has 0 spiro atoms. The van der Waals surface area contributed by atoms with Crippen molar-refractivity contribution in [1.29, 1.82) is 0 Å². The summed E-state index contributed by atoms with van der Waals surface area (Å²) < 4.78 is 51.5. The maximum Gasteiger partial charge on any atom is 0.419 e. The summed E-state index contributed by atoms with van der Waals surface area (Å²) in [7, 11) is 0. The number of nitrogens with one attached hydrogen (secondary N) is 2. The summed E-state index contributed by atoms with van der Waals surface area (Å²) in [6.45, 7) is 0. The number of aromatic amines is 1. The number of benzene rings is 1. The van der Waals surface area contributed by atoms with E-state index in [1.54, 1.807) is 0 Å². The van der Waals surface area contributed by atoms with Crippen molar-refractivity contribution in [3.8, 4) is 0 Å². The molecule has 1 aliphatic carbocycles. The topological polar surface area (TPSA) is 79.0 Å². The number of alkyl halides is 3. The molecular weight excluding hydrogens is 356 g/mol. The van der Waals surface area contributed by atoms with Gasteiger partial charge < -0.3 is 10.3 Å². The number of aromatic nitrogens is 1. The summed E-state index contributed by atoms with van der Waals surface area (Å²) in [5, 5.41) is 2.12. The number of hydrogen-bond acceptors (Lipinski definition) is 3. The highest BCUT2D eigenvalue weighted by Crippen LogP contribution is 2.33. The lowest BCUT2D eigenvalue weighted by Gasteiger charge is -2.15. The molecule has 0 saturated carbocycles. The fraction of sp³-hybridized carbons (Fsp3) is 0.235. The van der Waals surface area contributed by atoms with Crippen LogP contribution in [0.15, 0.2) is 29.1 Å². The molecule has 2 aromatic rings. The second-order valence-electron chi connectivity index (χ2n) is 5.83. The minimum absolute atomic E-state index is 0.219. The van der Waals surface area contributed by atoms with E-state index in [4.69, 9.17) is 0 Å². The summed E-state index contributed by atoms with van der Waals surface area (Å²) in [5.41, 5.74) is -2.37. The highest BCUT2D eigenvalue weighted by molar-refractivity contribution is 6.06. The summed E-state index contributed by atoms with van der Waals surface area (Å²) in [5.74, 6) is -2.70. The van der Waals surface area contributed by atoms with Crippen molar-refractivity contribution in [1.82, 2.24) is 4.98 Å². The summed E-state index contributed by atoms with van der Waals surface area (Å²) in [6, 6.07) is 3.09. The number of hydrogen-bond donors (Lipinski definition) is 2. The quantitative estimate of drug-likeness (QED) is 0.799. The molecule has 3 rings (SSSR count). The van der Waals surface area contributed by atoms with E-state index in [2.05, 4.69) is 10.3 Å². The molecule has 1 aromatic heterocycles. The highest BCUT2D eigenvalue weighted by Gasteiger charge is 2.34. The summed E-state index contributed by atoms with van der Waals surface area (Å²) in [6.07, 6.45) is -3.57. The number of ketones is 1. The number of fused-ring (bicyclic) bond motifs is 1. The zero-order valence-corrected chi connectivity index (χ0v) is 13.2. The lowest BCUT2D eigenvalue weighted by Crippen LogP contribution is -2.27. The fourth-order valence-electron chi connectivity index (χ4n) is 2.76. The minimum atomic E-state index is -4.93. The maximum absolute atomic E-state index is 13.3. The molecular formula is C17H12F4N2O3. The van der Waals surface area contributed by atoms with Crippen LogP contribution in [0.4, 0.5) is 23.2 Å². The maximum atomic E-state index is 13.3. The van der Waals surface area contributed by atoms with Crippen LogP contribution in [0.5, 0.6) is 0 Å². The third-order valence-electron chi connectivity index (χ3n) is 4.03. The predicted molar refractivity (Wildman–Crippen MR) is 83.7 cm³/mol. The van der Waals surface area contributed by atoms with Gasteiger partial charge in [0.05, 0.1) is 5.56 Å². The van der Waals surface area contributed by atoms with E-state index in [-0.39, 0.29) is 23.5 Å². The predicted octanol–water partition coefficient (Wildman–Crippen LogP) is 3.30. The van der Waals surface area contributed by atoms with E-state index < -0.39 is 34.6 Å². The Labute approximate surface area is 144 Å². The van der Waals surface area contributed by atoms with Gasteiger partial charge in [-0.15, -0.1) is 0 Å². The zero-order valence-electron chi connectivity index (χ0n) is 13.2. The number of pyridine rings is 1. The van der Waals surface area contributed by atoms with Gasteiger partial charge in [-0.1, -0.05) is 0 Å². The number of aryl methyl sites for hydroxylation is 1. The van der Waals surface area contributed by atoms with Crippen LogP contribution in [0.25, 0.3) is 0 Å². The Kier molecular flexibility index (Phi) is 4.39. The first-order valence-corrected chi connectivity index (χ1v) is 7.64. The lowest BCUT2D eigenvalue weighted by molar-refractivity contribution is -0.139. The molecule has 0 aliphatic heterocycles. The van der Waals surface area contributed by atoms with Crippen LogP contribution in [-0.2, 0) is 12.6 Å². The Morgan fingerprint density at radius 1 is 1.12 bits per heavy atom. The molecule has 0 unspecified atom stereocenters. The van der Waals surface area contributed by atoms with Gasteiger partial charge in [-0.2, -0.15) is 13.2 Å². The van der Waals surface area contributed by atoms with E-state index in [0.29, 0.717) is 30.7 Å². The molecule has 0 saturated heterocycles. The van der Waals surface area contributed by atoms with Crippen molar-refractivity contribution in [3.63, 3.8) is 0 Å². The van der Waals surface area contributed by atoms with Crippen molar-refractivity contribution >= 4 is 17.4 Å².